The monoisotopic (exact) mass is 459 g/mol. The number of allylic oxidation sites excluding steroid dienone is 1. The van der Waals surface area contributed by atoms with Gasteiger partial charge >= 0.3 is 6.03 Å². The Morgan fingerprint density at radius 2 is 1.74 bits per heavy atom. The number of aliphatic hydroxyl groups excluding tert-OH is 1. The van der Waals surface area contributed by atoms with Crippen molar-refractivity contribution in [1.29, 1.82) is 0 Å². The summed E-state index contributed by atoms with van der Waals surface area (Å²) >= 11 is 1.24. The van der Waals surface area contributed by atoms with E-state index >= 15 is 0 Å². The molecule has 0 saturated heterocycles. The van der Waals surface area contributed by atoms with Crippen LogP contribution in [0.15, 0.2) is 11.1 Å². The first kappa shape index (κ1) is 27.2. The minimum Gasteiger partial charge on any atom is -0.383 e. The lowest BCUT2D eigenvalue weighted by Crippen LogP contribution is -2.60. The van der Waals surface area contributed by atoms with Crippen LogP contribution in [0.2, 0.25) is 0 Å². The third kappa shape index (κ3) is 8.32. The van der Waals surface area contributed by atoms with E-state index in [-0.39, 0.29) is 22.8 Å². The lowest BCUT2D eigenvalue weighted by atomic mass is 9.86. The zero-order chi connectivity index (χ0) is 24.1. The van der Waals surface area contributed by atoms with Crippen molar-refractivity contribution in [3.8, 4) is 0 Å². The van der Waals surface area contributed by atoms with Crippen LogP contribution >= 0.6 is 11.9 Å². The molecular weight excluding hydrogens is 422 g/mol. The van der Waals surface area contributed by atoms with Gasteiger partial charge in [-0.25, -0.2) is 4.79 Å². The lowest BCUT2D eigenvalue weighted by molar-refractivity contribution is -0.163. The summed E-state index contributed by atoms with van der Waals surface area (Å²) in [4.78, 5) is 37.4. The first-order chi connectivity index (χ1) is 14.0. The molecule has 0 fully saturated rings. The van der Waals surface area contributed by atoms with Crippen LogP contribution in [0.1, 0.15) is 68.2 Å². The minimum atomic E-state index is -1.51. The number of hydroxylamine groups is 2. The van der Waals surface area contributed by atoms with E-state index in [0.29, 0.717) is 6.42 Å². The predicted octanol–water partition coefficient (Wildman–Crippen LogP) is 2.51. The smallest absolute Gasteiger partial charge is 0.349 e. The lowest BCUT2D eigenvalue weighted by Gasteiger charge is -2.32. The highest BCUT2D eigenvalue weighted by molar-refractivity contribution is 8.00. The fourth-order valence-electron chi connectivity index (χ4n) is 2.55. The molecule has 0 radical (unpaired) electrons. The SMILES string of the molecule is CC(C)CC[C@H](O)C(=O)N(O)C(=O)N[C@H](C(=O)NN1NC(C(C)(C)C)=CS1)C(C)(C)C. The van der Waals surface area contributed by atoms with E-state index < -0.39 is 35.4 Å². The molecule has 10 nitrogen and oxygen atoms in total. The maximum absolute atomic E-state index is 12.9. The number of urea groups is 1. The summed E-state index contributed by atoms with van der Waals surface area (Å²) in [6.45, 7) is 15.2. The number of nitrogens with one attached hydrogen (secondary N) is 3. The van der Waals surface area contributed by atoms with Crippen molar-refractivity contribution in [1.82, 2.24) is 25.8 Å². The maximum Gasteiger partial charge on any atom is 0.349 e. The number of amides is 4. The summed E-state index contributed by atoms with van der Waals surface area (Å²) in [6, 6.07) is -2.25. The Morgan fingerprint density at radius 1 is 1.16 bits per heavy atom. The third-order valence-electron chi connectivity index (χ3n) is 4.62. The largest absolute Gasteiger partial charge is 0.383 e. The van der Waals surface area contributed by atoms with Crippen molar-refractivity contribution in [2.75, 3.05) is 0 Å². The molecule has 0 aliphatic carbocycles. The molecule has 11 heteroatoms. The number of carbonyl (C=O) groups excluding carboxylic acids is 3. The highest BCUT2D eigenvalue weighted by atomic mass is 32.2. The molecule has 2 atom stereocenters. The first-order valence-corrected chi connectivity index (χ1v) is 11.1. The molecule has 5 N–H and O–H groups in total. The van der Waals surface area contributed by atoms with Crippen LogP contribution in [0, 0.1) is 16.7 Å². The highest BCUT2D eigenvalue weighted by Crippen LogP contribution is 2.31. The molecule has 0 unspecified atom stereocenters. The Balaban J connectivity index is 2.77. The zero-order valence-corrected chi connectivity index (χ0v) is 20.5. The van der Waals surface area contributed by atoms with E-state index in [1.165, 1.54) is 16.5 Å². The van der Waals surface area contributed by atoms with Crippen molar-refractivity contribution < 1.29 is 24.7 Å². The van der Waals surface area contributed by atoms with E-state index in [1.54, 1.807) is 20.8 Å². The summed E-state index contributed by atoms with van der Waals surface area (Å²) in [5, 5.41) is 24.0. The number of aliphatic hydroxyl groups is 1. The van der Waals surface area contributed by atoms with Gasteiger partial charge in [-0.1, -0.05) is 59.9 Å². The van der Waals surface area contributed by atoms with Crippen molar-refractivity contribution in [2.24, 2.45) is 16.7 Å². The second-order valence-corrected chi connectivity index (χ2v) is 11.0. The van der Waals surface area contributed by atoms with Crippen LogP contribution in [0.4, 0.5) is 4.79 Å². The maximum atomic E-state index is 12.9. The molecule has 0 aromatic rings. The number of hydrogen-bond acceptors (Lipinski definition) is 8. The number of imide groups is 1. The minimum absolute atomic E-state index is 0.116. The van der Waals surface area contributed by atoms with Gasteiger partial charge in [0, 0.05) is 16.5 Å². The fourth-order valence-corrected chi connectivity index (χ4v) is 3.46. The van der Waals surface area contributed by atoms with Gasteiger partial charge in [-0.15, -0.1) is 5.06 Å². The summed E-state index contributed by atoms with van der Waals surface area (Å²) < 4.78 is 1.42. The standard InChI is InChI=1S/C20H37N5O5S/c1-12(2)9-10-13(26)17(28)24(30)18(29)21-15(20(6,7)8)16(27)23-25-22-14(11-31-25)19(3,4)5/h11-13,15,22,26,30H,9-10H2,1-8H3,(H,21,29)(H,23,27)/t13-,15+/m0/s1. The molecule has 1 aliphatic heterocycles. The van der Waals surface area contributed by atoms with Crippen molar-refractivity contribution in [2.45, 2.75) is 80.4 Å². The Morgan fingerprint density at radius 3 is 2.19 bits per heavy atom. The van der Waals surface area contributed by atoms with E-state index in [0.717, 1.165) is 5.70 Å². The summed E-state index contributed by atoms with van der Waals surface area (Å²) in [5.74, 6) is -1.42. The highest BCUT2D eigenvalue weighted by Gasteiger charge is 2.37. The topological polar surface area (TPSA) is 134 Å². The van der Waals surface area contributed by atoms with Crippen LogP contribution in [0.25, 0.3) is 0 Å². The molecule has 1 rings (SSSR count). The zero-order valence-electron chi connectivity index (χ0n) is 19.6. The van der Waals surface area contributed by atoms with Gasteiger partial charge in [-0.05, 0) is 36.1 Å². The van der Waals surface area contributed by atoms with Crippen molar-refractivity contribution in [3.05, 3.63) is 11.1 Å². The van der Waals surface area contributed by atoms with Gasteiger partial charge in [0.05, 0.1) is 0 Å². The Kier molecular flexibility index (Phi) is 9.36. The quantitative estimate of drug-likeness (QED) is 0.223. The predicted molar refractivity (Wildman–Crippen MR) is 119 cm³/mol. The van der Waals surface area contributed by atoms with Gasteiger partial charge < -0.3 is 10.4 Å². The average Bonchev–Trinajstić information content (AvgIpc) is 3.10. The van der Waals surface area contributed by atoms with Crippen LogP contribution in [-0.2, 0) is 9.59 Å². The van der Waals surface area contributed by atoms with Gasteiger partial charge in [-0.2, -0.15) is 0 Å². The second-order valence-electron chi connectivity index (χ2n) is 10.2. The molecule has 0 aromatic heterocycles. The molecule has 4 amide bonds. The van der Waals surface area contributed by atoms with Crippen LogP contribution in [0.5, 0.6) is 0 Å². The Bertz CT molecular complexity index is 699. The number of carbonyl (C=O) groups is 3. The van der Waals surface area contributed by atoms with Crippen molar-refractivity contribution >= 4 is 29.8 Å². The van der Waals surface area contributed by atoms with Gasteiger partial charge in [0.2, 0.25) is 0 Å². The van der Waals surface area contributed by atoms with Crippen LogP contribution in [0.3, 0.4) is 0 Å². The van der Waals surface area contributed by atoms with Crippen LogP contribution in [-0.4, -0.2) is 49.9 Å². The Hall–Kier alpha value is -1.82. The fraction of sp³-hybridized carbons (Fsp3) is 0.750. The normalized spacial score (nSPS) is 16.9. The van der Waals surface area contributed by atoms with E-state index in [9.17, 15) is 24.7 Å². The number of hydrazine groups is 2. The molecule has 1 heterocycles. The average molecular weight is 460 g/mol. The number of hydrogen-bond donors (Lipinski definition) is 5. The number of rotatable bonds is 7. The van der Waals surface area contributed by atoms with Gasteiger partial charge in [0.15, 0.2) is 0 Å². The van der Waals surface area contributed by atoms with Gasteiger partial charge in [-0.3, -0.25) is 25.6 Å². The summed E-state index contributed by atoms with van der Waals surface area (Å²) in [5.41, 5.74) is 5.77. The van der Waals surface area contributed by atoms with Gasteiger partial charge in [0.1, 0.15) is 12.1 Å². The molecule has 0 spiro atoms. The van der Waals surface area contributed by atoms with Crippen molar-refractivity contribution in [3.63, 3.8) is 0 Å². The van der Waals surface area contributed by atoms with E-state index in [2.05, 4.69) is 16.2 Å². The molecule has 31 heavy (non-hydrogen) atoms. The summed E-state index contributed by atoms with van der Waals surface area (Å²) in [7, 11) is 0. The van der Waals surface area contributed by atoms with Gasteiger partial charge in [0.25, 0.3) is 11.8 Å². The first-order valence-electron chi connectivity index (χ1n) is 10.3. The van der Waals surface area contributed by atoms with E-state index in [1.807, 2.05) is 40.0 Å². The molecular formula is C20H37N5O5S. The van der Waals surface area contributed by atoms with Crippen LogP contribution < -0.4 is 16.2 Å². The van der Waals surface area contributed by atoms with E-state index in [4.69, 9.17) is 0 Å². The molecule has 0 saturated carbocycles. The second kappa shape index (κ2) is 10.7. The summed E-state index contributed by atoms with van der Waals surface area (Å²) in [6.07, 6.45) is -0.835. The number of nitrogens with zero attached hydrogens (tertiary/aromatic N) is 2. The Labute approximate surface area is 188 Å². The molecule has 0 bridgehead atoms. The third-order valence-corrected chi connectivity index (χ3v) is 5.35. The molecule has 0 aromatic carbocycles. The molecule has 178 valence electrons. The molecule has 1 aliphatic rings.